The van der Waals surface area contributed by atoms with Crippen LogP contribution < -0.4 is 0 Å². The number of hydrogen-bond acceptors (Lipinski definition) is 1. The molecular formula is C9H18O. The average Bonchev–Trinajstić information content (AvgIpc) is 1.80. The Balaban J connectivity index is 4.10. The van der Waals surface area contributed by atoms with Gasteiger partial charge in [0.15, 0.2) is 0 Å². The second-order valence-electron chi connectivity index (χ2n) is 3.34. The van der Waals surface area contributed by atoms with Gasteiger partial charge in [-0.3, -0.25) is 0 Å². The summed E-state index contributed by atoms with van der Waals surface area (Å²) < 4.78 is 5.42. The molecule has 0 aromatic heterocycles. The highest BCUT2D eigenvalue weighted by Gasteiger charge is 2.16. The third-order valence-electron chi connectivity index (χ3n) is 1.30. The zero-order chi connectivity index (χ0) is 8.20. The van der Waals surface area contributed by atoms with Crippen molar-refractivity contribution >= 4 is 0 Å². The lowest BCUT2D eigenvalue weighted by Gasteiger charge is -2.22. The van der Waals surface area contributed by atoms with E-state index >= 15 is 0 Å². The average molecular weight is 142 g/mol. The lowest BCUT2D eigenvalue weighted by Crippen LogP contribution is -2.12. The molecule has 0 aliphatic heterocycles. The molecule has 0 aliphatic carbocycles. The quantitative estimate of drug-likeness (QED) is 0.538. The fraction of sp³-hybridized carbons (Fsp3) is 0.778. The molecule has 1 nitrogen and oxygen atoms in total. The van der Waals surface area contributed by atoms with Gasteiger partial charge >= 0.3 is 0 Å². The van der Waals surface area contributed by atoms with E-state index in [1.54, 1.807) is 0 Å². The van der Waals surface area contributed by atoms with Crippen LogP contribution >= 0.6 is 0 Å². The van der Waals surface area contributed by atoms with Crippen molar-refractivity contribution in [3.05, 3.63) is 11.8 Å². The first-order valence-corrected chi connectivity index (χ1v) is 3.82. The lowest BCUT2D eigenvalue weighted by atomic mass is 9.94. The van der Waals surface area contributed by atoms with Crippen molar-refractivity contribution < 1.29 is 4.74 Å². The second-order valence-corrected chi connectivity index (χ2v) is 3.34. The van der Waals surface area contributed by atoms with Gasteiger partial charge in [0.2, 0.25) is 0 Å². The van der Waals surface area contributed by atoms with Crippen LogP contribution in [0.25, 0.3) is 0 Å². The minimum Gasteiger partial charge on any atom is -0.498 e. The van der Waals surface area contributed by atoms with E-state index in [0.717, 1.165) is 12.4 Å². The summed E-state index contributed by atoms with van der Waals surface area (Å²) in [5.41, 5.74) is 0.157. The summed E-state index contributed by atoms with van der Waals surface area (Å²) in [5.74, 6) is 1.08. The number of allylic oxidation sites excluding steroid dienone is 2. The lowest BCUT2D eigenvalue weighted by molar-refractivity contribution is 0.163. The van der Waals surface area contributed by atoms with Gasteiger partial charge in [0.05, 0.1) is 12.4 Å². The van der Waals surface area contributed by atoms with Gasteiger partial charge in [-0.05, 0) is 19.9 Å². The minimum absolute atomic E-state index is 0.157. The van der Waals surface area contributed by atoms with Crippen molar-refractivity contribution in [2.24, 2.45) is 5.41 Å². The highest BCUT2D eigenvalue weighted by atomic mass is 16.5. The summed E-state index contributed by atoms with van der Waals surface area (Å²) in [7, 11) is 0. The molecule has 0 aromatic rings. The van der Waals surface area contributed by atoms with Crippen LogP contribution in [0.2, 0.25) is 0 Å². The Morgan fingerprint density at radius 1 is 1.40 bits per heavy atom. The second kappa shape index (κ2) is 3.65. The summed E-state index contributed by atoms with van der Waals surface area (Å²) in [6.45, 7) is 11.2. The van der Waals surface area contributed by atoms with Crippen LogP contribution in [0.15, 0.2) is 11.8 Å². The van der Waals surface area contributed by atoms with Crippen LogP contribution in [0.1, 0.15) is 34.6 Å². The standard InChI is InChI=1S/C9H18O/c1-6-8(10-7-2)9(3,4)5/h6H,7H2,1-5H3. The van der Waals surface area contributed by atoms with Gasteiger partial charge in [0.25, 0.3) is 0 Å². The summed E-state index contributed by atoms with van der Waals surface area (Å²) in [6, 6.07) is 0. The molecule has 10 heavy (non-hydrogen) atoms. The predicted molar refractivity (Wildman–Crippen MR) is 44.8 cm³/mol. The van der Waals surface area contributed by atoms with Gasteiger partial charge < -0.3 is 4.74 Å². The van der Waals surface area contributed by atoms with Crippen LogP contribution in [-0.2, 0) is 4.74 Å². The number of ether oxygens (including phenoxy) is 1. The highest BCUT2D eigenvalue weighted by Crippen LogP contribution is 2.25. The summed E-state index contributed by atoms with van der Waals surface area (Å²) in [5, 5.41) is 0. The summed E-state index contributed by atoms with van der Waals surface area (Å²) in [6.07, 6.45) is 2.03. The van der Waals surface area contributed by atoms with E-state index in [4.69, 9.17) is 4.74 Å². The van der Waals surface area contributed by atoms with Crippen LogP contribution in [0, 0.1) is 5.41 Å². The van der Waals surface area contributed by atoms with E-state index in [9.17, 15) is 0 Å². The minimum atomic E-state index is 0.157. The molecule has 0 saturated heterocycles. The molecule has 0 aliphatic rings. The van der Waals surface area contributed by atoms with E-state index < -0.39 is 0 Å². The Hall–Kier alpha value is -0.460. The van der Waals surface area contributed by atoms with Gasteiger partial charge in [-0.1, -0.05) is 20.8 Å². The first kappa shape index (κ1) is 9.54. The SMILES string of the molecule is CC=C(OCC)C(C)(C)C. The molecule has 0 saturated carbocycles. The molecule has 0 fully saturated rings. The Kier molecular flexibility index (Phi) is 3.48. The van der Waals surface area contributed by atoms with E-state index in [2.05, 4.69) is 20.8 Å². The molecule has 60 valence electrons. The largest absolute Gasteiger partial charge is 0.498 e. The zero-order valence-corrected chi connectivity index (χ0v) is 7.69. The Bertz CT molecular complexity index is 117. The molecule has 0 rings (SSSR count). The van der Waals surface area contributed by atoms with E-state index in [-0.39, 0.29) is 5.41 Å². The fourth-order valence-electron chi connectivity index (χ4n) is 0.888. The number of hydrogen-bond donors (Lipinski definition) is 0. The molecule has 0 atom stereocenters. The molecular weight excluding hydrogens is 124 g/mol. The third-order valence-corrected chi connectivity index (χ3v) is 1.30. The highest BCUT2D eigenvalue weighted by molar-refractivity contribution is 5.00. The zero-order valence-electron chi connectivity index (χ0n) is 7.69. The van der Waals surface area contributed by atoms with Crippen LogP contribution in [0.5, 0.6) is 0 Å². The predicted octanol–water partition coefficient (Wildman–Crippen LogP) is 2.97. The maximum absolute atomic E-state index is 5.42. The van der Waals surface area contributed by atoms with Crippen LogP contribution in [0.4, 0.5) is 0 Å². The molecule has 0 unspecified atom stereocenters. The van der Waals surface area contributed by atoms with Crippen LogP contribution in [-0.4, -0.2) is 6.61 Å². The van der Waals surface area contributed by atoms with Gasteiger partial charge in [-0.2, -0.15) is 0 Å². The molecule has 0 N–H and O–H groups in total. The molecule has 0 aromatic carbocycles. The summed E-state index contributed by atoms with van der Waals surface area (Å²) >= 11 is 0. The van der Waals surface area contributed by atoms with Crippen molar-refractivity contribution in [2.45, 2.75) is 34.6 Å². The maximum atomic E-state index is 5.42. The van der Waals surface area contributed by atoms with Crippen molar-refractivity contribution in [3.8, 4) is 0 Å². The first-order valence-electron chi connectivity index (χ1n) is 3.82. The van der Waals surface area contributed by atoms with Gasteiger partial charge in [0, 0.05) is 5.41 Å². The van der Waals surface area contributed by atoms with Crippen molar-refractivity contribution in [3.63, 3.8) is 0 Å². The Labute approximate surface area is 64.1 Å². The van der Waals surface area contributed by atoms with E-state index in [1.165, 1.54) is 0 Å². The number of rotatable bonds is 2. The fourth-order valence-corrected chi connectivity index (χ4v) is 0.888. The molecule has 0 heterocycles. The van der Waals surface area contributed by atoms with Crippen molar-refractivity contribution in [2.75, 3.05) is 6.61 Å². The molecule has 0 bridgehead atoms. The van der Waals surface area contributed by atoms with Crippen molar-refractivity contribution in [1.82, 2.24) is 0 Å². The van der Waals surface area contributed by atoms with Crippen LogP contribution in [0.3, 0.4) is 0 Å². The van der Waals surface area contributed by atoms with E-state index in [1.807, 2.05) is 19.9 Å². The molecule has 0 radical (unpaired) electrons. The Morgan fingerprint density at radius 3 is 2.00 bits per heavy atom. The normalized spacial score (nSPS) is 13.5. The molecule has 0 spiro atoms. The van der Waals surface area contributed by atoms with Crippen molar-refractivity contribution in [1.29, 1.82) is 0 Å². The molecule has 1 heteroatoms. The van der Waals surface area contributed by atoms with E-state index in [0.29, 0.717) is 0 Å². The smallest absolute Gasteiger partial charge is 0.0970 e. The summed E-state index contributed by atoms with van der Waals surface area (Å²) in [4.78, 5) is 0. The Morgan fingerprint density at radius 2 is 1.90 bits per heavy atom. The van der Waals surface area contributed by atoms with Gasteiger partial charge in [-0.15, -0.1) is 0 Å². The third kappa shape index (κ3) is 2.90. The van der Waals surface area contributed by atoms with Gasteiger partial charge in [-0.25, -0.2) is 0 Å². The van der Waals surface area contributed by atoms with Gasteiger partial charge in [0.1, 0.15) is 0 Å². The monoisotopic (exact) mass is 142 g/mol. The maximum Gasteiger partial charge on any atom is 0.0970 e. The topological polar surface area (TPSA) is 9.23 Å². The first-order chi connectivity index (χ1) is 4.52. The molecule has 0 amide bonds.